The molecule has 0 radical (unpaired) electrons. The fourth-order valence-corrected chi connectivity index (χ4v) is 2.92. The average Bonchev–Trinajstić information content (AvgIpc) is 2.55. The van der Waals surface area contributed by atoms with Crippen molar-refractivity contribution in [1.29, 1.82) is 0 Å². The number of carbonyl (C=O) groups is 1. The summed E-state index contributed by atoms with van der Waals surface area (Å²) in [5.41, 5.74) is 1.33. The Labute approximate surface area is 142 Å². The maximum atomic E-state index is 12.9. The third-order valence-corrected chi connectivity index (χ3v) is 4.27. The second-order valence-corrected chi connectivity index (χ2v) is 5.97. The second-order valence-electron chi connectivity index (χ2n) is 5.56. The van der Waals surface area contributed by atoms with E-state index in [1.807, 2.05) is 24.3 Å². The molecule has 24 heavy (non-hydrogen) atoms. The lowest BCUT2D eigenvalue weighted by molar-refractivity contribution is -0.137. The number of nitrogens with one attached hydrogen (secondary N) is 1. The molecule has 2 aromatic rings. The fourth-order valence-electron chi connectivity index (χ4n) is 2.69. The van der Waals surface area contributed by atoms with Crippen molar-refractivity contribution in [3.8, 4) is 0 Å². The zero-order chi connectivity index (χ0) is 17.3. The monoisotopic (exact) mass is 354 g/mol. The number of amides is 2. The Morgan fingerprint density at radius 1 is 1.12 bits per heavy atom. The summed E-state index contributed by atoms with van der Waals surface area (Å²) in [6.07, 6.45) is -3.85. The van der Waals surface area contributed by atoms with Crippen molar-refractivity contribution >= 4 is 23.3 Å². The Balaban J connectivity index is 1.74. The van der Waals surface area contributed by atoms with Gasteiger partial charge >= 0.3 is 12.2 Å². The molecule has 0 saturated heterocycles. The SMILES string of the molecule is O=C(Nc1ccc(Cl)c(C(F)(F)F)c1)N1CCc2ccccc2C1. The minimum absolute atomic E-state index is 0.0654. The lowest BCUT2D eigenvalue weighted by Crippen LogP contribution is -2.38. The first-order valence-electron chi connectivity index (χ1n) is 7.34. The minimum Gasteiger partial charge on any atom is -0.320 e. The van der Waals surface area contributed by atoms with Gasteiger partial charge in [0.1, 0.15) is 0 Å². The molecular weight excluding hydrogens is 341 g/mol. The van der Waals surface area contributed by atoms with Crippen molar-refractivity contribution < 1.29 is 18.0 Å². The largest absolute Gasteiger partial charge is 0.417 e. The molecule has 0 bridgehead atoms. The van der Waals surface area contributed by atoms with Crippen LogP contribution >= 0.6 is 11.6 Å². The molecule has 0 aliphatic carbocycles. The molecule has 1 aliphatic heterocycles. The van der Waals surface area contributed by atoms with E-state index in [0.717, 1.165) is 24.1 Å². The van der Waals surface area contributed by atoms with Crippen molar-refractivity contribution in [1.82, 2.24) is 4.90 Å². The molecule has 0 unspecified atom stereocenters. The topological polar surface area (TPSA) is 32.3 Å². The van der Waals surface area contributed by atoms with Crippen LogP contribution in [0.15, 0.2) is 42.5 Å². The zero-order valence-electron chi connectivity index (χ0n) is 12.5. The van der Waals surface area contributed by atoms with E-state index in [2.05, 4.69) is 5.32 Å². The summed E-state index contributed by atoms with van der Waals surface area (Å²) in [6.45, 7) is 0.949. The molecule has 0 saturated carbocycles. The molecule has 3 rings (SSSR count). The average molecular weight is 355 g/mol. The highest BCUT2D eigenvalue weighted by molar-refractivity contribution is 6.31. The van der Waals surface area contributed by atoms with E-state index < -0.39 is 22.8 Å². The van der Waals surface area contributed by atoms with Crippen LogP contribution in [0.2, 0.25) is 5.02 Å². The Kier molecular flexibility index (Phi) is 4.41. The first-order valence-corrected chi connectivity index (χ1v) is 7.72. The van der Waals surface area contributed by atoms with Crippen LogP contribution in [0.4, 0.5) is 23.7 Å². The van der Waals surface area contributed by atoms with Crippen LogP contribution in [0.5, 0.6) is 0 Å². The first kappa shape index (κ1) is 16.6. The maximum Gasteiger partial charge on any atom is 0.417 e. The van der Waals surface area contributed by atoms with Gasteiger partial charge in [0.05, 0.1) is 10.6 Å². The molecular formula is C17H14ClF3N2O. The van der Waals surface area contributed by atoms with Crippen LogP contribution in [-0.4, -0.2) is 17.5 Å². The van der Waals surface area contributed by atoms with Crippen molar-refractivity contribution in [3.63, 3.8) is 0 Å². The summed E-state index contributed by atoms with van der Waals surface area (Å²) in [5, 5.41) is 2.11. The molecule has 0 atom stereocenters. The molecule has 7 heteroatoms. The summed E-state index contributed by atoms with van der Waals surface area (Å²) >= 11 is 5.58. The Hall–Kier alpha value is -2.21. The number of anilines is 1. The van der Waals surface area contributed by atoms with Crippen molar-refractivity contribution in [2.75, 3.05) is 11.9 Å². The molecule has 0 aromatic heterocycles. The number of halogens is 4. The number of hydrogen-bond donors (Lipinski definition) is 1. The van der Waals surface area contributed by atoms with E-state index in [1.54, 1.807) is 4.90 Å². The third kappa shape index (κ3) is 3.48. The lowest BCUT2D eigenvalue weighted by atomic mass is 10.0. The third-order valence-electron chi connectivity index (χ3n) is 3.94. The number of nitrogens with zero attached hydrogens (tertiary/aromatic N) is 1. The van der Waals surface area contributed by atoms with Gasteiger partial charge in [-0.05, 0) is 35.7 Å². The van der Waals surface area contributed by atoms with Crippen LogP contribution < -0.4 is 5.32 Å². The van der Waals surface area contributed by atoms with Gasteiger partial charge in [0, 0.05) is 18.8 Å². The number of carbonyl (C=O) groups excluding carboxylic acids is 1. The van der Waals surface area contributed by atoms with E-state index >= 15 is 0 Å². The van der Waals surface area contributed by atoms with Gasteiger partial charge in [-0.3, -0.25) is 0 Å². The molecule has 1 aliphatic rings. The van der Waals surface area contributed by atoms with Gasteiger partial charge in [0.15, 0.2) is 0 Å². The van der Waals surface area contributed by atoms with Crippen LogP contribution in [-0.2, 0) is 19.1 Å². The van der Waals surface area contributed by atoms with Gasteiger partial charge in [0.2, 0.25) is 0 Å². The molecule has 1 N–H and O–H groups in total. The predicted molar refractivity (Wildman–Crippen MR) is 86.0 cm³/mol. The Morgan fingerprint density at radius 2 is 1.83 bits per heavy atom. The van der Waals surface area contributed by atoms with Gasteiger partial charge in [-0.2, -0.15) is 13.2 Å². The lowest BCUT2D eigenvalue weighted by Gasteiger charge is -2.29. The van der Waals surface area contributed by atoms with E-state index in [4.69, 9.17) is 11.6 Å². The predicted octanol–water partition coefficient (Wildman–Crippen LogP) is 4.95. The summed E-state index contributed by atoms with van der Waals surface area (Å²) in [4.78, 5) is 13.9. The number of benzene rings is 2. The van der Waals surface area contributed by atoms with E-state index in [0.29, 0.717) is 13.1 Å². The molecule has 3 nitrogen and oxygen atoms in total. The fraction of sp³-hybridized carbons (Fsp3) is 0.235. The van der Waals surface area contributed by atoms with Crippen LogP contribution in [0.25, 0.3) is 0 Å². The molecule has 2 amide bonds. The highest BCUT2D eigenvalue weighted by Crippen LogP contribution is 2.36. The van der Waals surface area contributed by atoms with Crippen LogP contribution in [0, 0.1) is 0 Å². The first-order chi connectivity index (χ1) is 11.3. The number of hydrogen-bond acceptors (Lipinski definition) is 1. The quantitative estimate of drug-likeness (QED) is 0.772. The van der Waals surface area contributed by atoms with Crippen molar-refractivity contribution in [3.05, 3.63) is 64.2 Å². The van der Waals surface area contributed by atoms with Gasteiger partial charge < -0.3 is 10.2 Å². The normalized spacial score (nSPS) is 14.2. The van der Waals surface area contributed by atoms with Gasteiger partial charge in [-0.15, -0.1) is 0 Å². The van der Waals surface area contributed by atoms with E-state index in [9.17, 15) is 18.0 Å². The number of rotatable bonds is 1. The zero-order valence-corrected chi connectivity index (χ0v) is 13.3. The van der Waals surface area contributed by atoms with Gasteiger partial charge in [-0.1, -0.05) is 35.9 Å². The molecule has 0 fully saturated rings. The summed E-state index contributed by atoms with van der Waals surface area (Å²) in [7, 11) is 0. The molecule has 126 valence electrons. The highest BCUT2D eigenvalue weighted by Gasteiger charge is 2.33. The second kappa shape index (κ2) is 6.36. The van der Waals surface area contributed by atoms with E-state index in [-0.39, 0.29) is 5.69 Å². The van der Waals surface area contributed by atoms with Crippen LogP contribution in [0.1, 0.15) is 16.7 Å². The maximum absolute atomic E-state index is 12.9. The van der Waals surface area contributed by atoms with Crippen molar-refractivity contribution in [2.45, 2.75) is 19.1 Å². The highest BCUT2D eigenvalue weighted by atomic mass is 35.5. The Morgan fingerprint density at radius 3 is 2.54 bits per heavy atom. The summed E-state index contributed by atoms with van der Waals surface area (Å²) in [6, 6.07) is 10.7. The Bertz CT molecular complexity index is 777. The van der Waals surface area contributed by atoms with Gasteiger partial charge in [0.25, 0.3) is 0 Å². The molecule has 0 spiro atoms. The van der Waals surface area contributed by atoms with Crippen molar-refractivity contribution in [2.24, 2.45) is 0 Å². The summed E-state index contributed by atoms with van der Waals surface area (Å²) < 4.78 is 38.6. The number of urea groups is 1. The smallest absolute Gasteiger partial charge is 0.320 e. The minimum atomic E-state index is -4.57. The van der Waals surface area contributed by atoms with E-state index in [1.165, 1.54) is 11.6 Å². The standard InChI is InChI=1S/C17H14ClF3N2O/c18-15-6-5-13(9-14(15)17(19,20)21)22-16(24)23-8-7-11-3-1-2-4-12(11)10-23/h1-6,9H,7-8,10H2,(H,22,24). The molecule has 2 aromatic carbocycles. The number of fused-ring (bicyclic) bond motifs is 1. The number of alkyl halides is 3. The van der Waals surface area contributed by atoms with Crippen LogP contribution in [0.3, 0.4) is 0 Å². The summed E-state index contributed by atoms with van der Waals surface area (Å²) in [5.74, 6) is 0. The van der Waals surface area contributed by atoms with Gasteiger partial charge in [-0.25, -0.2) is 4.79 Å². The molecule has 1 heterocycles.